The molecule has 0 saturated heterocycles. The molecule has 0 aliphatic rings. The van der Waals surface area contributed by atoms with E-state index in [2.05, 4.69) is 5.32 Å². The van der Waals surface area contributed by atoms with Crippen LogP contribution < -0.4 is 15.7 Å². The summed E-state index contributed by atoms with van der Waals surface area (Å²) in [7, 11) is 1.54. The largest absolute Gasteiger partial charge is 0.484 e. The van der Waals surface area contributed by atoms with Gasteiger partial charge in [-0.3, -0.25) is 9.59 Å². The summed E-state index contributed by atoms with van der Waals surface area (Å²) >= 11 is 0. The number of anilines is 1. The zero-order chi connectivity index (χ0) is 20.8. The molecular weight excluding hydrogens is 372 g/mol. The van der Waals surface area contributed by atoms with E-state index in [4.69, 9.17) is 9.15 Å². The Kier molecular flexibility index (Phi) is 6.29. The maximum Gasteiger partial charge on any atom is 0.336 e. The second-order valence-corrected chi connectivity index (χ2v) is 6.55. The molecule has 0 aliphatic carbocycles. The smallest absolute Gasteiger partial charge is 0.336 e. The van der Waals surface area contributed by atoms with Gasteiger partial charge in [0.15, 0.2) is 6.61 Å². The third kappa shape index (κ3) is 5.22. The minimum Gasteiger partial charge on any atom is -0.484 e. The van der Waals surface area contributed by atoms with Gasteiger partial charge in [0, 0.05) is 30.3 Å². The van der Waals surface area contributed by atoms with Crippen molar-refractivity contribution in [3.63, 3.8) is 0 Å². The van der Waals surface area contributed by atoms with Crippen LogP contribution in [0.2, 0.25) is 0 Å². The van der Waals surface area contributed by atoms with Crippen molar-refractivity contribution in [3.8, 4) is 5.75 Å². The van der Waals surface area contributed by atoms with Crippen molar-refractivity contribution >= 4 is 28.5 Å². The minimum atomic E-state index is -0.457. The van der Waals surface area contributed by atoms with Gasteiger partial charge in [-0.2, -0.15) is 0 Å². The molecule has 150 valence electrons. The number of carbonyl (C=O) groups excluding carboxylic acids is 2. The van der Waals surface area contributed by atoms with E-state index in [9.17, 15) is 14.4 Å². The highest BCUT2D eigenvalue weighted by atomic mass is 16.5. The van der Waals surface area contributed by atoms with Gasteiger partial charge in [-0.15, -0.1) is 0 Å². The minimum absolute atomic E-state index is 0.0904. The molecule has 2 aromatic carbocycles. The quantitative estimate of drug-likeness (QED) is 0.623. The number of aryl methyl sites for hydroxylation is 1. The second kappa shape index (κ2) is 9.05. The Morgan fingerprint density at radius 3 is 2.66 bits per heavy atom. The standard InChI is InChI=1S/C22H22N2O5/c1-3-15-6-4-5-7-18(15)23-20(25)13-24(2)21(26)14-28-17-10-8-16-9-11-22(27)29-19(16)12-17/h4-12H,3,13-14H2,1-2H3,(H,23,25). The molecule has 0 unspecified atom stereocenters. The summed E-state index contributed by atoms with van der Waals surface area (Å²) in [5.74, 6) is -0.234. The third-order valence-corrected chi connectivity index (χ3v) is 4.44. The Bertz CT molecular complexity index is 1090. The van der Waals surface area contributed by atoms with E-state index in [1.807, 2.05) is 31.2 Å². The topological polar surface area (TPSA) is 88.9 Å². The van der Waals surface area contributed by atoms with Crippen molar-refractivity contribution < 1.29 is 18.7 Å². The van der Waals surface area contributed by atoms with Crippen LogP contribution in [0.15, 0.2) is 63.8 Å². The number of hydrogen-bond acceptors (Lipinski definition) is 5. The number of rotatable bonds is 7. The van der Waals surface area contributed by atoms with E-state index < -0.39 is 5.63 Å². The average molecular weight is 394 g/mol. The average Bonchev–Trinajstić information content (AvgIpc) is 2.71. The molecule has 0 aliphatic heterocycles. The van der Waals surface area contributed by atoms with Gasteiger partial charge in [-0.25, -0.2) is 4.79 Å². The normalized spacial score (nSPS) is 10.6. The Balaban J connectivity index is 1.55. The predicted molar refractivity (Wildman–Crippen MR) is 110 cm³/mol. The number of fused-ring (bicyclic) bond motifs is 1. The molecule has 1 heterocycles. The number of hydrogen-bond donors (Lipinski definition) is 1. The fourth-order valence-corrected chi connectivity index (χ4v) is 2.83. The number of nitrogens with one attached hydrogen (secondary N) is 1. The SMILES string of the molecule is CCc1ccccc1NC(=O)CN(C)C(=O)COc1ccc2ccc(=O)oc2c1. The molecule has 0 bridgehead atoms. The molecule has 1 aromatic heterocycles. The van der Waals surface area contributed by atoms with Gasteiger partial charge < -0.3 is 19.4 Å². The highest BCUT2D eigenvalue weighted by Crippen LogP contribution is 2.19. The highest BCUT2D eigenvalue weighted by Gasteiger charge is 2.15. The summed E-state index contributed by atoms with van der Waals surface area (Å²) in [4.78, 5) is 37.2. The van der Waals surface area contributed by atoms with Crippen molar-refractivity contribution in [2.45, 2.75) is 13.3 Å². The van der Waals surface area contributed by atoms with E-state index in [1.54, 1.807) is 24.3 Å². The van der Waals surface area contributed by atoms with Crippen LogP contribution in [0.1, 0.15) is 12.5 Å². The molecule has 2 amide bonds. The Hall–Kier alpha value is -3.61. The van der Waals surface area contributed by atoms with Crippen LogP contribution in [-0.2, 0) is 16.0 Å². The fourth-order valence-electron chi connectivity index (χ4n) is 2.83. The molecule has 7 heteroatoms. The number of carbonyl (C=O) groups is 2. The van der Waals surface area contributed by atoms with Crippen LogP contribution in [0.25, 0.3) is 11.0 Å². The Labute approximate surface area is 167 Å². The lowest BCUT2D eigenvalue weighted by atomic mass is 10.1. The van der Waals surface area contributed by atoms with Crippen LogP contribution in [0.4, 0.5) is 5.69 Å². The van der Waals surface area contributed by atoms with Gasteiger partial charge in [0.2, 0.25) is 5.91 Å². The first-order valence-corrected chi connectivity index (χ1v) is 9.24. The maximum atomic E-state index is 12.3. The van der Waals surface area contributed by atoms with E-state index >= 15 is 0 Å². The molecule has 3 rings (SSSR count). The molecule has 0 fully saturated rings. The van der Waals surface area contributed by atoms with Crippen molar-refractivity contribution in [2.24, 2.45) is 0 Å². The van der Waals surface area contributed by atoms with Gasteiger partial charge in [0.05, 0.1) is 6.54 Å². The molecule has 0 radical (unpaired) electrons. The lowest BCUT2D eigenvalue weighted by molar-refractivity contribution is -0.135. The number of ether oxygens (including phenoxy) is 1. The van der Waals surface area contributed by atoms with Crippen molar-refractivity contribution in [1.82, 2.24) is 4.90 Å². The zero-order valence-corrected chi connectivity index (χ0v) is 16.3. The molecule has 0 saturated carbocycles. The van der Waals surface area contributed by atoms with Gasteiger partial charge in [0.25, 0.3) is 5.91 Å². The zero-order valence-electron chi connectivity index (χ0n) is 16.3. The van der Waals surface area contributed by atoms with Gasteiger partial charge in [-0.1, -0.05) is 25.1 Å². The van der Waals surface area contributed by atoms with Crippen LogP contribution in [0.5, 0.6) is 5.75 Å². The van der Waals surface area contributed by atoms with Crippen LogP contribution in [-0.4, -0.2) is 36.9 Å². The Morgan fingerprint density at radius 2 is 1.86 bits per heavy atom. The van der Waals surface area contributed by atoms with Gasteiger partial charge >= 0.3 is 5.63 Å². The van der Waals surface area contributed by atoms with Crippen LogP contribution in [0, 0.1) is 0 Å². The van der Waals surface area contributed by atoms with E-state index in [1.165, 1.54) is 18.0 Å². The second-order valence-electron chi connectivity index (χ2n) is 6.55. The first-order valence-electron chi connectivity index (χ1n) is 9.24. The lowest BCUT2D eigenvalue weighted by Gasteiger charge is -2.18. The molecule has 0 atom stereocenters. The predicted octanol–water partition coefficient (Wildman–Crippen LogP) is 2.83. The first-order chi connectivity index (χ1) is 14.0. The monoisotopic (exact) mass is 394 g/mol. The fraction of sp³-hybridized carbons (Fsp3) is 0.227. The summed E-state index contributed by atoms with van der Waals surface area (Å²) in [5, 5.41) is 3.58. The number of likely N-dealkylation sites (N-methyl/N-ethyl adjacent to an activating group) is 1. The summed E-state index contributed by atoms with van der Waals surface area (Å²) in [5.41, 5.74) is 1.70. The summed E-state index contributed by atoms with van der Waals surface area (Å²) in [6.07, 6.45) is 0.797. The van der Waals surface area contributed by atoms with E-state index in [0.717, 1.165) is 23.1 Å². The van der Waals surface area contributed by atoms with Gasteiger partial charge in [0.1, 0.15) is 11.3 Å². The molecular formula is C22H22N2O5. The Morgan fingerprint density at radius 1 is 1.10 bits per heavy atom. The number of nitrogens with zero attached hydrogens (tertiary/aromatic N) is 1. The summed E-state index contributed by atoms with van der Waals surface area (Å²) in [6.45, 7) is 1.68. The first kappa shape index (κ1) is 20.1. The number of benzene rings is 2. The van der Waals surface area contributed by atoms with E-state index in [0.29, 0.717) is 11.3 Å². The third-order valence-electron chi connectivity index (χ3n) is 4.44. The molecule has 3 aromatic rings. The summed E-state index contributed by atoms with van der Waals surface area (Å²) < 4.78 is 10.6. The van der Waals surface area contributed by atoms with Crippen molar-refractivity contribution in [1.29, 1.82) is 0 Å². The summed E-state index contributed by atoms with van der Waals surface area (Å²) in [6, 6.07) is 15.5. The van der Waals surface area contributed by atoms with Crippen molar-refractivity contribution in [2.75, 3.05) is 25.5 Å². The molecule has 7 nitrogen and oxygen atoms in total. The van der Waals surface area contributed by atoms with Gasteiger partial charge in [-0.05, 0) is 36.2 Å². The molecule has 1 N–H and O–H groups in total. The lowest BCUT2D eigenvalue weighted by Crippen LogP contribution is -2.37. The number of amides is 2. The molecule has 0 spiro atoms. The highest BCUT2D eigenvalue weighted by molar-refractivity contribution is 5.95. The maximum absolute atomic E-state index is 12.3. The molecule has 29 heavy (non-hydrogen) atoms. The van der Waals surface area contributed by atoms with Crippen LogP contribution in [0.3, 0.4) is 0 Å². The number of para-hydroxylation sites is 1. The van der Waals surface area contributed by atoms with Crippen molar-refractivity contribution in [3.05, 3.63) is 70.6 Å². The van der Waals surface area contributed by atoms with E-state index in [-0.39, 0.29) is 25.0 Å². The van der Waals surface area contributed by atoms with Crippen LogP contribution >= 0.6 is 0 Å².